The van der Waals surface area contributed by atoms with Crippen LogP contribution in [0, 0.1) is 11.6 Å². The van der Waals surface area contributed by atoms with E-state index in [9.17, 15) is 13.6 Å². The SMILES string of the molecule is CC(C(=O)NCc1cc(C(C)(C)C)nn1-c1cccc(F)c1)c1ccc(COCCO)c(F)c1. The molecule has 0 aliphatic carbocycles. The highest BCUT2D eigenvalue weighted by atomic mass is 19.1. The van der Waals surface area contributed by atoms with Crippen molar-refractivity contribution in [1.82, 2.24) is 15.1 Å². The summed E-state index contributed by atoms with van der Waals surface area (Å²) in [6, 6.07) is 12.6. The van der Waals surface area contributed by atoms with Crippen molar-refractivity contribution in [1.29, 1.82) is 0 Å². The Hall–Kier alpha value is -3.10. The molecule has 1 unspecified atom stereocenters. The maximum Gasteiger partial charge on any atom is 0.227 e. The molecular weight excluding hydrogens is 440 g/mol. The molecule has 6 nitrogen and oxygen atoms in total. The Labute approximate surface area is 198 Å². The van der Waals surface area contributed by atoms with Gasteiger partial charge in [0.25, 0.3) is 0 Å². The summed E-state index contributed by atoms with van der Waals surface area (Å²) in [5, 5.41) is 16.3. The molecule has 1 aromatic heterocycles. The highest BCUT2D eigenvalue weighted by Gasteiger charge is 2.22. The van der Waals surface area contributed by atoms with Crippen molar-refractivity contribution >= 4 is 5.91 Å². The lowest BCUT2D eigenvalue weighted by molar-refractivity contribution is -0.122. The van der Waals surface area contributed by atoms with Crippen LogP contribution in [0.3, 0.4) is 0 Å². The topological polar surface area (TPSA) is 76.4 Å². The highest BCUT2D eigenvalue weighted by molar-refractivity contribution is 5.83. The lowest BCUT2D eigenvalue weighted by Gasteiger charge is -2.15. The van der Waals surface area contributed by atoms with E-state index in [1.807, 2.05) is 26.8 Å². The number of aromatic nitrogens is 2. The minimum atomic E-state index is -0.588. The van der Waals surface area contributed by atoms with Gasteiger partial charge in [-0.2, -0.15) is 5.10 Å². The molecular formula is C26H31F2N3O3. The molecule has 1 amide bonds. The van der Waals surface area contributed by atoms with Crippen molar-refractivity contribution in [3.05, 3.63) is 82.7 Å². The summed E-state index contributed by atoms with van der Waals surface area (Å²) in [6.07, 6.45) is 0. The van der Waals surface area contributed by atoms with Gasteiger partial charge in [0.1, 0.15) is 11.6 Å². The average Bonchev–Trinajstić information content (AvgIpc) is 3.23. The molecule has 0 aliphatic rings. The Morgan fingerprint density at radius 3 is 2.59 bits per heavy atom. The van der Waals surface area contributed by atoms with E-state index in [-0.39, 0.29) is 43.5 Å². The van der Waals surface area contributed by atoms with Crippen molar-refractivity contribution < 1.29 is 23.4 Å². The van der Waals surface area contributed by atoms with Crippen molar-refractivity contribution in [2.75, 3.05) is 13.2 Å². The summed E-state index contributed by atoms with van der Waals surface area (Å²) in [4.78, 5) is 12.9. The fraction of sp³-hybridized carbons (Fsp3) is 0.385. The van der Waals surface area contributed by atoms with Gasteiger partial charge in [0.2, 0.25) is 5.91 Å². The van der Waals surface area contributed by atoms with Crippen LogP contribution in [0.4, 0.5) is 8.78 Å². The maximum absolute atomic E-state index is 14.4. The third-order valence-corrected chi connectivity index (χ3v) is 5.51. The van der Waals surface area contributed by atoms with Crippen molar-refractivity contribution in [3.8, 4) is 5.69 Å². The lowest BCUT2D eigenvalue weighted by atomic mass is 9.92. The van der Waals surface area contributed by atoms with E-state index in [0.717, 1.165) is 5.69 Å². The molecule has 0 saturated carbocycles. The van der Waals surface area contributed by atoms with E-state index in [0.29, 0.717) is 22.5 Å². The standard InChI is InChI=1S/C26H31F2N3O3/c1-17(18-8-9-19(23(28)12-18)16-34-11-10-32)25(33)29-15-22-14-24(26(2,3)4)30-31(22)21-7-5-6-20(27)13-21/h5-9,12-14,17,32H,10-11,15-16H2,1-4H3,(H,29,33). The Morgan fingerprint density at radius 2 is 1.94 bits per heavy atom. The number of amides is 1. The fourth-order valence-electron chi connectivity index (χ4n) is 3.42. The van der Waals surface area contributed by atoms with Gasteiger partial charge in [-0.15, -0.1) is 0 Å². The van der Waals surface area contributed by atoms with Crippen molar-refractivity contribution in [2.45, 2.75) is 52.2 Å². The van der Waals surface area contributed by atoms with Crippen LogP contribution in [0.25, 0.3) is 5.69 Å². The van der Waals surface area contributed by atoms with Crippen LogP contribution < -0.4 is 5.32 Å². The molecule has 0 saturated heterocycles. The van der Waals surface area contributed by atoms with Crippen LogP contribution in [0.15, 0.2) is 48.5 Å². The molecule has 3 rings (SSSR count). The van der Waals surface area contributed by atoms with Crippen LogP contribution in [-0.4, -0.2) is 34.0 Å². The van der Waals surface area contributed by atoms with Crippen molar-refractivity contribution in [3.63, 3.8) is 0 Å². The van der Waals surface area contributed by atoms with Gasteiger partial charge in [-0.3, -0.25) is 4.79 Å². The number of aliphatic hydroxyl groups is 1. The molecule has 1 atom stereocenters. The van der Waals surface area contributed by atoms with Gasteiger partial charge in [0.05, 0.1) is 49.4 Å². The zero-order chi connectivity index (χ0) is 24.9. The number of rotatable bonds is 9. The number of carbonyl (C=O) groups excluding carboxylic acids is 1. The molecule has 0 spiro atoms. The molecule has 34 heavy (non-hydrogen) atoms. The van der Waals surface area contributed by atoms with E-state index in [2.05, 4.69) is 10.4 Å². The summed E-state index contributed by atoms with van der Waals surface area (Å²) in [5.41, 5.74) is 2.75. The maximum atomic E-state index is 14.4. The Balaban J connectivity index is 1.75. The normalized spacial score (nSPS) is 12.6. The predicted octanol–water partition coefficient (Wildman–Crippen LogP) is 4.38. The van der Waals surface area contributed by atoms with Crippen molar-refractivity contribution in [2.24, 2.45) is 0 Å². The number of halogens is 2. The summed E-state index contributed by atoms with van der Waals surface area (Å²) in [5.74, 6) is -1.70. The molecule has 1 heterocycles. The number of ether oxygens (including phenoxy) is 1. The summed E-state index contributed by atoms with van der Waals surface area (Å²) in [7, 11) is 0. The zero-order valence-electron chi connectivity index (χ0n) is 19.9. The number of hydrogen-bond acceptors (Lipinski definition) is 4. The molecule has 182 valence electrons. The van der Waals surface area contributed by atoms with Gasteiger partial charge in [-0.05, 0) is 42.8 Å². The van der Waals surface area contributed by atoms with Crippen LogP contribution in [0.2, 0.25) is 0 Å². The van der Waals surface area contributed by atoms with Crippen LogP contribution >= 0.6 is 0 Å². The van der Waals surface area contributed by atoms with Gasteiger partial charge >= 0.3 is 0 Å². The van der Waals surface area contributed by atoms with E-state index >= 15 is 0 Å². The van der Waals surface area contributed by atoms with Gasteiger partial charge in [0, 0.05) is 11.0 Å². The van der Waals surface area contributed by atoms with Crippen LogP contribution in [0.5, 0.6) is 0 Å². The van der Waals surface area contributed by atoms with E-state index in [4.69, 9.17) is 9.84 Å². The Morgan fingerprint density at radius 1 is 1.18 bits per heavy atom. The molecule has 8 heteroatoms. The largest absolute Gasteiger partial charge is 0.394 e. The molecule has 0 fully saturated rings. The van der Waals surface area contributed by atoms with Gasteiger partial charge < -0.3 is 15.2 Å². The fourth-order valence-corrected chi connectivity index (χ4v) is 3.42. The Bertz CT molecular complexity index is 1140. The molecule has 2 aromatic carbocycles. The number of nitrogens with one attached hydrogen (secondary N) is 1. The number of nitrogens with zero attached hydrogens (tertiary/aromatic N) is 2. The number of aliphatic hydroxyl groups excluding tert-OH is 1. The first-order valence-electron chi connectivity index (χ1n) is 11.2. The second-order valence-corrected chi connectivity index (χ2v) is 9.23. The quantitative estimate of drug-likeness (QED) is 0.454. The predicted molar refractivity (Wildman–Crippen MR) is 126 cm³/mol. The molecule has 2 N–H and O–H groups in total. The third kappa shape index (κ3) is 6.27. The highest BCUT2D eigenvalue weighted by Crippen LogP contribution is 2.25. The van der Waals surface area contributed by atoms with E-state index < -0.39 is 11.7 Å². The first-order chi connectivity index (χ1) is 16.1. The smallest absolute Gasteiger partial charge is 0.227 e. The van der Waals surface area contributed by atoms with E-state index in [1.54, 1.807) is 35.9 Å². The number of carbonyl (C=O) groups is 1. The van der Waals surface area contributed by atoms with Gasteiger partial charge in [-0.1, -0.05) is 39.0 Å². The van der Waals surface area contributed by atoms with Gasteiger partial charge in [0.15, 0.2) is 0 Å². The third-order valence-electron chi connectivity index (χ3n) is 5.51. The molecule has 0 bridgehead atoms. The first kappa shape index (κ1) is 25.5. The second-order valence-electron chi connectivity index (χ2n) is 9.23. The van der Waals surface area contributed by atoms with Crippen LogP contribution in [-0.2, 0) is 28.1 Å². The summed E-state index contributed by atoms with van der Waals surface area (Å²) < 4.78 is 35.0. The molecule has 0 radical (unpaired) electrons. The summed E-state index contributed by atoms with van der Waals surface area (Å²) in [6.45, 7) is 8.02. The first-order valence-corrected chi connectivity index (χ1v) is 11.2. The van der Waals surface area contributed by atoms with E-state index in [1.165, 1.54) is 18.2 Å². The minimum absolute atomic E-state index is 0.0490. The van der Waals surface area contributed by atoms with Gasteiger partial charge in [-0.25, -0.2) is 13.5 Å². The zero-order valence-corrected chi connectivity index (χ0v) is 19.9. The molecule has 0 aliphatic heterocycles. The number of benzene rings is 2. The number of hydrogen-bond donors (Lipinski definition) is 2. The lowest BCUT2D eigenvalue weighted by Crippen LogP contribution is -2.28. The monoisotopic (exact) mass is 471 g/mol. The van der Waals surface area contributed by atoms with Crippen LogP contribution in [0.1, 0.15) is 56.1 Å². The summed E-state index contributed by atoms with van der Waals surface area (Å²) >= 11 is 0. The second kappa shape index (κ2) is 10.9. The Kier molecular flexibility index (Phi) is 8.17. The average molecular weight is 472 g/mol. The molecule has 3 aromatic rings. The minimum Gasteiger partial charge on any atom is -0.394 e.